The first-order valence-corrected chi connectivity index (χ1v) is 5.78. The van der Waals surface area contributed by atoms with Crippen molar-refractivity contribution in [1.29, 1.82) is 0 Å². The van der Waals surface area contributed by atoms with E-state index in [1.807, 2.05) is 13.8 Å². The Bertz CT molecular complexity index is 264. The molecule has 1 unspecified atom stereocenters. The molecule has 1 saturated heterocycles. The molecule has 0 aromatic rings. The lowest BCUT2D eigenvalue weighted by Crippen LogP contribution is -2.50. The molecule has 5 nitrogen and oxygen atoms in total. The largest absolute Gasteiger partial charge is 0.355 e. The summed E-state index contributed by atoms with van der Waals surface area (Å²) >= 11 is 0. The smallest absolute Gasteiger partial charge is 0.239 e. The second-order valence-corrected chi connectivity index (χ2v) is 4.35. The molecular formula is C11H21N3O2. The first-order valence-electron chi connectivity index (χ1n) is 5.78. The zero-order chi connectivity index (χ0) is 12.1. The lowest BCUT2D eigenvalue weighted by molar-refractivity contribution is -0.139. The molecule has 1 atom stereocenters. The van der Waals surface area contributed by atoms with Gasteiger partial charge in [-0.25, -0.2) is 0 Å². The second kappa shape index (κ2) is 5.84. The molecule has 5 heteroatoms. The summed E-state index contributed by atoms with van der Waals surface area (Å²) in [5.41, 5.74) is 0. The van der Waals surface area contributed by atoms with Crippen LogP contribution in [0, 0.1) is 11.8 Å². The average molecular weight is 227 g/mol. The van der Waals surface area contributed by atoms with Gasteiger partial charge in [-0.15, -0.1) is 0 Å². The molecular weight excluding hydrogens is 206 g/mol. The highest BCUT2D eigenvalue weighted by atomic mass is 16.2. The van der Waals surface area contributed by atoms with Gasteiger partial charge in [-0.1, -0.05) is 6.92 Å². The van der Waals surface area contributed by atoms with Crippen molar-refractivity contribution in [3.63, 3.8) is 0 Å². The van der Waals surface area contributed by atoms with Crippen molar-refractivity contribution in [3.8, 4) is 0 Å². The van der Waals surface area contributed by atoms with Gasteiger partial charge in [-0.3, -0.25) is 9.59 Å². The molecule has 1 heterocycles. The van der Waals surface area contributed by atoms with E-state index >= 15 is 0 Å². The fourth-order valence-corrected chi connectivity index (χ4v) is 1.76. The van der Waals surface area contributed by atoms with Gasteiger partial charge >= 0.3 is 0 Å². The molecule has 0 radical (unpaired) electrons. The van der Waals surface area contributed by atoms with Crippen LogP contribution in [0.4, 0.5) is 0 Å². The molecule has 0 aromatic heterocycles. The Morgan fingerprint density at radius 2 is 2.12 bits per heavy atom. The van der Waals surface area contributed by atoms with Crippen LogP contribution in [0.15, 0.2) is 0 Å². The van der Waals surface area contributed by atoms with E-state index in [1.54, 1.807) is 7.05 Å². The zero-order valence-corrected chi connectivity index (χ0v) is 10.2. The standard InChI is InChI=1S/C11H21N3O2/c1-4-13-10(15)7-14(3)11(16)8(2)9-5-12-6-9/h8-9,12H,4-7H2,1-3H3,(H,13,15). The van der Waals surface area contributed by atoms with E-state index in [0.29, 0.717) is 12.5 Å². The fraction of sp³-hybridized carbons (Fsp3) is 0.818. The van der Waals surface area contributed by atoms with Crippen molar-refractivity contribution in [3.05, 3.63) is 0 Å². The number of carbonyl (C=O) groups excluding carboxylic acids is 2. The van der Waals surface area contributed by atoms with Gasteiger partial charge in [0.05, 0.1) is 6.54 Å². The van der Waals surface area contributed by atoms with Crippen molar-refractivity contribution >= 4 is 11.8 Å². The van der Waals surface area contributed by atoms with Crippen molar-refractivity contribution in [2.75, 3.05) is 33.2 Å². The molecule has 0 bridgehead atoms. The van der Waals surface area contributed by atoms with Gasteiger partial charge in [-0.2, -0.15) is 0 Å². The minimum Gasteiger partial charge on any atom is -0.355 e. The van der Waals surface area contributed by atoms with Crippen LogP contribution in [0.5, 0.6) is 0 Å². The van der Waals surface area contributed by atoms with Gasteiger partial charge < -0.3 is 15.5 Å². The maximum Gasteiger partial charge on any atom is 0.239 e. The molecule has 0 aromatic carbocycles. The molecule has 0 spiro atoms. The van der Waals surface area contributed by atoms with Crippen LogP contribution in [0.2, 0.25) is 0 Å². The third kappa shape index (κ3) is 3.20. The van der Waals surface area contributed by atoms with E-state index in [9.17, 15) is 9.59 Å². The van der Waals surface area contributed by atoms with E-state index < -0.39 is 0 Å². The molecule has 92 valence electrons. The van der Waals surface area contributed by atoms with E-state index in [-0.39, 0.29) is 24.3 Å². The van der Waals surface area contributed by atoms with Gasteiger partial charge in [0, 0.05) is 19.5 Å². The van der Waals surface area contributed by atoms with Crippen LogP contribution in [0.1, 0.15) is 13.8 Å². The molecule has 1 aliphatic heterocycles. The lowest BCUT2D eigenvalue weighted by Gasteiger charge is -2.33. The Morgan fingerprint density at radius 3 is 2.56 bits per heavy atom. The summed E-state index contributed by atoms with van der Waals surface area (Å²) in [5.74, 6) is 0.375. The van der Waals surface area contributed by atoms with Crippen LogP contribution < -0.4 is 10.6 Å². The van der Waals surface area contributed by atoms with Crippen molar-refractivity contribution in [1.82, 2.24) is 15.5 Å². The normalized spacial score (nSPS) is 17.4. The SMILES string of the molecule is CCNC(=O)CN(C)C(=O)C(C)C1CNC1. The van der Waals surface area contributed by atoms with Gasteiger partial charge in [0.15, 0.2) is 0 Å². The number of hydrogen-bond acceptors (Lipinski definition) is 3. The number of carbonyl (C=O) groups is 2. The Kier molecular flexibility index (Phi) is 4.73. The summed E-state index contributed by atoms with van der Waals surface area (Å²) in [6.07, 6.45) is 0. The van der Waals surface area contributed by atoms with Gasteiger partial charge in [0.1, 0.15) is 0 Å². The predicted molar refractivity (Wildman–Crippen MR) is 61.8 cm³/mol. The third-order valence-electron chi connectivity index (χ3n) is 3.04. The zero-order valence-electron chi connectivity index (χ0n) is 10.2. The summed E-state index contributed by atoms with van der Waals surface area (Å²) in [6.45, 7) is 6.36. The highest BCUT2D eigenvalue weighted by Crippen LogP contribution is 2.17. The molecule has 0 saturated carbocycles. The summed E-state index contributed by atoms with van der Waals surface area (Å²) < 4.78 is 0. The minimum absolute atomic E-state index is 0.000626. The lowest BCUT2D eigenvalue weighted by atomic mass is 9.88. The number of likely N-dealkylation sites (N-methyl/N-ethyl adjacent to an activating group) is 2. The second-order valence-electron chi connectivity index (χ2n) is 4.35. The first kappa shape index (κ1) is 13.0. The molecule has 1 fully saturated rings. The maximum atomic E-state index is 11.9. The number of hydrogen-bond donors (Lipinski definition) is 2. The molecule has 2 N–H and O–H groups in total. The van der Waals surface area contributed by atoms with Crippen LogP contribution in [-0.4, -0.2) is 49.9 Å². The number of rotatable bonds is 5. The molecule has 1 aliphatic rings. The third-order valence-corrected chi connectivity index (χ3v) is 3.04. The van der Waals surface area contributed by atoms with E-state index in [0.717, 1.165) is 13.1 Å². The highest BCUT2D eigenvalue weighted by Gasteiger charge is 2.30. The van der Waals surface area contributed by atoms with E-state index in [2.05, 4.69) is 10.6 Å². The van der Waals surface area contributed by atoms with Crippen LogP contribution in [0.25, 0.3) is 0 Å². The first-order chi connectivity index (χ1) is 7.56. The highest BCUT2D eigenvalue weighted by molar-refractivity contribution is 5.85. The summed E-state index contributed by atoms with van der Waals surface area (Å²) in [7, 11) is 1.68. The number of nitrogens with one attached hydrogen (secondary N) is 2. The van der Waals surface area contributed by atoms with Gasteiger partial charge in [0.25, 0.3) is 0 Å². The van der Waals surface area contributed by atoms with E-state index in [4.69, 9.17) is 0 Å². The van der Waals surface area contributed by atoms with Gasteiger partial charge in [-0.05, 0) is 25.9 Å². The summed E-state index contributed by atoms with van der Waals surface area (Å²) in [6, 6.07) is 0. The molecule has 0 aliphatic carbocycles. The molecule has 1 rings (SSSR count). The van der Waals surface area contributed by atoms with Crippen LogP contribution >= 0.6 is 0 Å². The average Bonchev–Trinajstić information content (AvgIpc) is 2.13. The Morgan fingerprint density at radius 1 is 1.50 bits per heavy atom. The molecule has 16 heavy (non-hydrogen) atoms. The van der Waals surface area contributed by atoms with Crippen molar-refractivity contribution < 1.29 is 9.59 Å². The van der Waals surface area contributed by atoms with E-state index in [1.165, 1.54) is 4.90 Å². The molecule has 2 amide bonds. The Labute approximate surface area is 96.6 Å². The maximum absolute atomic E-state index is 11.9. The monoisotopic (exact) mass is 227 g/mol. The fourth-order valence-electron chi connectivity index (χ4n) is 1.76. The van der Waals surface area contributed by atoms with Gasteiger partial charge in [0.2, 0.25) is 11.8 Å². The summed E-state index contributed by atoms with van der Waals surface area (Å²) in [5, 5.41) is 5.83. The predicted octanol–water partition coefficient (Wildman–Crippen LogP) is -0.564. The Balaban J connectivity index is 2.37. The summed E-state index contributed by atoms with van der Waals surface area (Å²) in [4.78, 5) is 24.8. The topological polar surface area (TPSA) is 61.4 Å². The number of nitrogens with zero attached hydrogens (tertiary/aromatic N) is 1. The van der Waals surface area contributed by atoms with Crippen molar-refractivity contribution in [2.45, 2.75) is 13.8 Å². The Hall–Kier alpha value is -1.10. The minimum atomic E-state index is -0.0997. The van der Waals surface area contributed by atoms with Crippen LogP contribution in [-0.2, 0) is 9.59 Å². The van der Waals surface area contributed by atoms with Crippen LogP contribution in [0.3, 0.4) is 0 Å². The quantitative estimate of drug-likeness (QED) is 0.661. The number of amides is 2. The van der Waals surface area contributed by atoms with Crippen molar-refractivity contribution in [2.24, 2.45) is 11.8 Å².